The van der Waals surface area contributed by atoms with Crippen molar-refractivity contribution in [3.05, 3.63) is 35.4 Å². The Balaban J connectivity index is 2.92. The van der Waals surface area contributed by atoms with Gasteiger partial charge in [-0.2, -0.15) is 0 Å². The van der Waals surface area contributed by atoms with E-state index < -0.39 is 5.97 Å². The molecule has 0 aliphatic rings. The molecule has 1 aromatic rings. The van der Waals surface area contributed by atoms with E-state index in [1.54, 1.807) is 24.3 Å². The highest BCUT2D eigenvalue weighted by molar-refractivity contribution is 6.05. The zero-order valence-corrected chi connectivity index (χ0v) is 8.95. The molecule has 3 nitrogen and oxygen atoms in total. The van der Waals surface area contributed by atoms with Crippen molar-refractivity contribution in [3.63, 3.8) is 0 Å². The largest absolute Gasteiger partial charge is 0.462 e. The van der Waals surface area contributed by atoms with Gasteiger partial charge in [-0.05, 0) is 19.4 Å². The molecule has 0 amide bonds. The van der Waals surface area contributed by atoms with Crippen molar-refractivity contribution in [2.75, 3.05) is 6.61 Å². The first-order valence-electron chi connectivity index (χ1n) is 4.94. The van der Waals surface area contributed by atoms with E-state index in [0.29, 0.717) is 17.7 Å². The lowest BCUT2D eigenvalue weighted by molar-refractivity contribution is 0.0502. The normalized spacial score (nSPS) is 9.73. The minimum Gasteiger partial charge on any atom is -0.462 e. The number of ether oxygens (including phenoxy) is 1. The molecule has 0 N–H and O–H groups in total. The average molecular weight is 206 g/mol. The minimum absolute atomic E-state index is 0.126. The lowest BCUT2D eigenvalue weighted by Crippen LogP contribution is -2.10. The highest BCUT2D eigenvalue weighted by Gasteiger charge is 2.14. The Morgan fingerprint density at radius 1 is 1.20 bits per heavy atom. The van der Waals surface area contributed by atoms with E-state index in [9.17, 15) is 9.59 Å². The molecular weight excluding hydrogens is 192 g/mol. The first-order chi connectivity index (χ1) is 7.16. The second-order valence-electron chi connectivity index (χ2n) is 3.24. The monoisotopic (exact) mass is 206 g/mol. The molecule has 0 heterocycles. The van der Waals surface area contributed by atoms with E-state index in [2.05, 4.69) is 0 Å². The van der Waals surface area contributed by atoms with Crippen molar-refractivity contribution in [2.24, 2.45) is 0 Å². The van der Waals surface area contributed by atoms with Crippen molar-refractivity contribution in [3.8, 4) is 0 Å². The van der Waals surface area contributed by atoms with Crippen LogP contribution in [0.2, 0.25) is 0 Å². The fourth-order valence-corrected chi connectivity index (χ4v) is 1.24. The summed E-state index contributed by atoms with van der Waals surface area (Å²) < 4.78 is 4.98. The molecule has 0 saturated carbocycles. The van der Waals surface area contributed by atoms with Crippen LogP contribution in [0.25, 0.3) is 0 Å². The summed E-state index contributed by atoms with van der Waals surface area (Å²) in [5.74, 6) is -0.554. The molecule has 1 aromatic carbocycles. The molecule has 15 heavy (non-hydrogen) atoms. The Bertz CT molecular complexity index is 369. The summed E-state index contributed by atoms with van der Waals surface area (Å²) in [4.78, 5) is 22.8. The number of hydrogen-bond acceptors (Lipinski definition) is 3. The third kappa shape index (κ3) is 2.91. The van der Waals surface area contributed by atoms with Crippen molar-refractivity contribution in [1.29, 1.82) is 0 Å². The zero-order valence-electron chi connectivity index (χ0n) is 8.95. The van der Waals surface area contributed by atoms with Gasteiger partial charge in [-0.3, -0.25) is 4.79 Å². The Labute approximate surface area is 89.1 Å². The maximum atomic E-state index is 11.6. The van der Waals surface area contributed by atoms with E-state index in [4.69, 9.17) is 4.74 Å². The Morgan fingerprint density at radius 2 is 1.80 bits per heavy atom. The number of carbonyl (C=O) groups excluding carboxylic acids is 2. The molecule has 0 bridgehead atoms. The van der Waals surface area contributed by atoms with Crippen molar-refractivity contribution >= 4 is 11.8 Å². The van der Waals surface area contributed by atoms with Gasteiger partial charge in [0.1, 0.15) is 0 Å². The van der Waals surface area contributed by atoms with Gasteiger partial charge in [-0.15, -0.1) is 0 Å². The molecule has 0 spiro atoms. The summed E-state index contributed by atoms with van der Waals surface area (Å²) in [5.41, 5.74) is 0.761. The third-order valence-corrected chi connectivity index (χ3v) is 1.96. The summed E-state index contributed by atoms with van der Waals surface area (Å²) >= 11 is 0. The Morgan fingerprint density at radius 3 is 2.33 bits per heavy atom. The van der Waals surface area contributed by atoms with Crippen LogP contribution >= 0.6 is 0 Å². The number of rotatable bonds is 4. The van der Waals surface area contributed by atoms with Gasteiger partial charge >= 0.3 is 5.97 Å². The summed E-state index contributed by atoms with van der Waals surface area (Å²) in [6.45, 7) is 3.74. The number of carbonyl (C=O) groups is 2. The molecule has 0 fully saturated rings. The maximum Gasteiger partial charge on any atom is 0.338 e. The average Bonchev–Trinajstić information content (AvgIpc) is 2.25. The predicted molar refractivity (Wildman–Crippen MR) is 57.0 cm³/mol. The molecule has 0 aromatic heterocycles. The second-order valence-corrected chi connectivity index (χ2v) is 3.24. The lowest BCUT2D eigenvalue weighted by atomic mass is 10.0. The van der Waals surface area contributed by atoms with Crippen LogP contribution in [0.1, 0.15) is 41.0 Å². The van der Waals surface area contributed by atoms with E-state index in [0.717, 1.165) is 6.42 Å². The van der Waals surface area contributed by atoms with Gasteiger partial charge < -0.3 is 4.74 Å². The third-order valence-electron chi connectivity index (χ3n) is 1.96. The molecule has 0 atom stereocenters. The Hall–Kier alpha value is -1.64. The molecule has 0 saturated heterocycles. The van der Waals surface area contributed by atoms with Gasteiger partial charge in [-0.25, -0.2) is 4.79 Å². The van der Waals surface area contributed by atoms with Crippen LogP contribution < -0.4 is 0 Å². The number of Topliss-reactive ketones (excluding diaryl/α,β-unsaturated/α-hetero) is 1. The Kier molecular flexibility index (Phi) is 4.03. The van der Waals surface area contributed by atoms with Crippen molar-refractivity contribution in [1.82, 2.24) is 0 Å². The zero-order chi connectivity index (χ0) is 11.3. The molecule has 3 heteroatoms. The van der Waals surface area contributed by atoms with Crippen LogP contribution in [0.4, 0.5) is 0 Å². The quantitative estimate of drug-likeness (QED) is 0.561. The number of benzene rings is 1. The smallest absolute Gasteiger partial charge is 0.338 e. The second kappa shape index (κ2) is 5.29. The summed E-state index contributed by atoms with van der Waals surface area (Å²) in [7, 11) is 0. The summed E-state index contributed by atoms with van der Waals surface area (Å²) in [5, 5.41) is 0. The first-order valence-corrected chi connectivity index (χ1v) is 4.94. The van der Waals surface area contributed by atoms with Crippen LogP contribution in [0.3, 0.4) is 0 Å². The van der Waals surface area contributed by atoms with Crippen LogP contribution in [-0.2, 0) is 4.74 Å². The van der Waals surface area contributed by atoms with E-state index in [1.807, 2.05) is 6.92 Å². The molecule has 0 unspecified atom stereocenters. The number of hydrogen-bond donors (Lipinski definition) is 0. The summed E-state index contributed by atoms with van der Waals surface area (Å²) in [6, 6.07) is 6.68. The lowest BCUT2D eigenvalue weighted by Gasteiger charge is -2.06. The van der Waals surface area contributed by atoms with E-state index in [1.165, 1.54) is 6.92 Å². The van der Waals surface area contributed by atoms with E-state index in [-0.39, 0.29) is 5.78 Å². The maximum absolute atomic E-state index is 11.6. The van der Waals surface area contributed by atoms with Gasteiger partial charge in [0, 0.05) is 5.56 Å². The van der Waals surface area contributed by atoms with Gasteiger partial charge in [0.05, 0.1) is 12.2 Å². The van der Waals surface area contributed by atoms with Gasteiger partial charge in [0.2, 0.25) is 0 Å². The van der Waals surface area contributed by atoms with Crippen molar-refractivity contribution < 1.29 is 14.3 Å². The van der Waals surface area contributed by atoms with Crippen LogP contribution in [0.15, 0.2) is 24.3 Å². The van der Waals surface area contributed by atoms with Crippen molar-refractivity contribution in [2.45, 2.75) is 20.3 Å². The number of esters is 1. The first kappa shape index (κ1) is 11.4. The number of ketones is 1. The SMILES string of the molecule is CCCOC(=O)c1ccccc1C(C)=O. The standard InChI is InChI=1S/C12H14O3/c1-3-8-15-12(14)11-7-5-4-6-10(11)9(2)13/h4-7H,3,8H2,1-2H3. The molecular formula is C12H14O3. The van der Waals surface area contributed by atoms with Crippen LogP contribution in [-0.4, -0.2) is 18.4 Å². The topological polar surface area (TPSA) is 43.4 Å². The van der Waals surface area contributed by atoms with Gasteiger partial charge in [0.15, 0.2) is 5.78 Å². The van der Waals surface area contributed by atoms with Gasteiger partial charge in [-0.1, -0.05) is 25.1 Å². The molecule has 0 radical (unpaired) electrons. The van der Waals surface area contributed by atoms with E-state index >= 15 is 0 Å². The highest BCUT2D eigenvalue weighted by atomic mass is 16.5. The van der Waals surface area contributed by atoms with Crippen LogP contribution in [0.5, 0.6) is 0 Å². The highest BCUT2D eigenvalue weighted by Crippen LogP contribution is 2.11. The molecule has 1 rings (SSSR count). The fourth-order valence-electron chi connectivity index (χ4n) is 1.24. The summed E-state index contributed by atoms with van der Waals surface area (Å²) in [6.07, 6.45) is 0.772. The minimum atomic E-state index is -0.428. The van der Waals surface area contributed by atoms with Crippen LogP contribution in [0, 0.1) is 0 Å². The fraction of sp³-hybridized carbons (Fsp3) is 0.333. The molecule has 80 valence electrons. The predicted octanol–water partition coefficient (Wildman–Crippen LogP) is 2.46. The van der Waals surface area contributed by atoms with Gasteiger partial charge in [0.25, 0.3) is 0 Å². The molecule has 0 aliphatic heterocycles. The molecule has 0 aliphatic carbocycles.